The first-order chi connectivity index (χ1) is 13.6. The van der Waals surface area contributed by atoms with E-state index in [9.17, 15) is 4.39 Å². The van der Waals surface area contributed by atoms with Crippen LogP contribution in [0.25, 0.3) is 10.9 Å². The van der Waals surface area contributed by atoms with Crippen LogP contribution in [0, 0.1) is 12.7 Å². The Kier molecular flexibility index (Phi) is 5.04. The molecule has 0 amide bonds. The zero-order chi connectivity index (χ0) is 19.5. The largest absolute Gasteiger partial charge is 0.350 e. The lowest BCUT2D eigenvalue weighted by Gasteiger charge is -2.11. The van der Waals surface area contributed by atoms with Gasteiger partial charge in [-0.2, -0.15) is 0 Å². The third-order valence-electron chi connectivity index (χ3n) is 4.31. The van der Waals surface area contributed by atoms with E-state index < -0.39 is 0 Å². The maximum Gasteiger partial charge on any atom is 0.223 e. The van der Waals surface area contributed by atoms with E-state index in [1.54, 1.807) is 18.5 Å². The molecule has 5 nitrogen and oxygen atoms in total. The van der Waals surface area contributed by atoms with Gasteiger partial charge in [-0.3, -0.25) is 0 Å². The number of pyridine rings is 1. The molecule has 0 aliphatic heterocycles. The first-order valence-electron chi connectivity index (χ1n) is 8.72. The van der Waals surface area contributed by atoms with E-state index in [1.165, 1.54) is 12.1 Å². The van der Waals surface area contributed by atoms with Crippen molar-refractivity contribution in [2.45, 2.75) is 13.5 Å². The highest BCUT2D eigenvalue weighted by molar-refractivity contribution is 6.30. The number of halogens is 2. The van der Waals surface area contributed by atoms with E-state index >= 15 is 0 Å². The van der Waals surface area contributed by atoms with Gasteiger partial charge in [0.05, 0.1) is 10.9 Å². The summed E-state index contributed by atoms with van der Waals surface area (Å²) in [5.74, 6) is 0.877. The van der Waals surface area contributed by atoms with Crippen molar-refractivity contribution in [2.24, 2.45) is 0 Å². The van der Waals surface area contributed by atoms with Crippen molar-refractivity contribution in [1.82, 2.24) is 15.0 Å². The number of aromatic nitrogens is 3. The molecule has 2 aromatic carbocycles. The molecule has 140 valence electrons. The van der Waals surface area contributed by atoms with E-state index in [1.807, 2.05) is 37.3 Å². The molecule has 4 rings (SSSR count). The highest BCUT2D eigenvalue weighted by Crippen LogP contribution is 2.25. The van der Waals surface area contributed by atoms with Crippen molar-refractivity contribution in [3.8, 4) is 0 Å². The smallest absolute Gasteiger partial charge is 0.223 e. The van der Waals surface area contributed by atoms with Gasteiger partial charge in [-0.05, 0) is 54.4 Å². The van der Waals surface area contributed by atoms with Gasteiger partial charge in [0, 0.05) is 29.6 Å². The molecule has 2 heterocycles. The van der Waals surface area contributed by atoms with Gasteiger partial charge in [-0.25, -0.2) is 19.3 Å². The highest BCUT2D eigenvalue weighted by Gasteiger charge is 2.08. The Morgan fingerprint density at radius 3 is 2.64 bits per heavy atom. The van der Waals surface area contributed by atoms with Crippen molar-refractivity contribution < 1.29 is 4.39 Å². The van der Waals surface area contributed by atoms with Crippen LogP contribution in [-0.2, 0) is 6.54 Å². The average Bonchev–Trinajstić information content (AvgIpc) is 2.69. The predicted octanol–water partition coefficient (Wildman–Crippen LogP) is 5.48. The third kappa shape index (κ3) is 4.02. The van der Waals surface area contributed by atoms with Crippen molar-refractivity contribution in [3.63, 3.8) is 0 Å². The maximum atomic E-state index is 13.3. The second kappa shape index (κ2) is 7.78. The van der Waals surface area contributed by atoms with Gasteiger partial charge in [0.15, 0.2) is 0 Å². The van der Waals surface area contributed by atoms with Crippen LogP contribution in [0.3, 0.4) is 0 Å². The lowest BCUT2D eigenvalue weighted by molar-refractivity contribution is 0.627. The lowest BCUT2D eigenvalue weighted by Crippen LogP contribution is -2.04. The highest BCUT2D eigenvalue weighted by atomic mass is 35.5. The standard InChI is InChI=1S/C21H17ClFN5/c1-13-10-16(23)6-7-18(13)27-20-17-12-26-21(28-19(17)8-9-24-20)25-11-14-2-4-15(22)5-3-14/h2-10,12H,11H2,1H3,(H,24,27)(H,25,26,28). The van der Waals surface area contributed by atoms with E-state index in [-0.39, 0.29) is 5.82 Å². The van der Waals surface area contributed by atoms with Gasteiger partial charge in [0.25, 0.3) is 0 Å². The van der Waals surface area contributed by atoms with E-state index in [2.05, 4.69) is 25.6 Å². The Balaban J connectivity index is 1.56. The SMILES string of the molecule is Cc1cc(F)ccc1Nc1nccc2nc(NCc3ccc(Cl)cc3)ncc12. The molecule has 0 radical (unpaired) electrons. The summed E-state index contributed by atoms with van der Waals surface area (Å²) in [6.07, 6.45) is 3.40. The summed E-state index contributed by atoms with van der Waals surface area (Å²) < 4.78 is 13.3. The third-order valence-corrected chi connectivity index (χ3v) is 4.57. The lowest BCUT2D eigenvalue weighted by atomic mass is 10.2. The number of fused-ring (bicyclic) bond motifs is 1. The molecule has 0 saturated carbocycles. The molecular formula is C21H17ClFN5. The minimum absolute atomic E-state index is 0.270. The molecule has 0 bridgehead atoms. The summed E-state index contributed by atoms with van der Waals surface area (Å²) in [4.78, 5) is 13.3. The van der Waals surface area contributed by atoms with Crippen molar-refractivity contribution >= 4 is 40.0 Å². The number of benzene rings is 2. The molecule has 0 aliphatic rings. The summed E-state index contributed by atoms with van der Waals surface area (Å²) in [5, 5.41) is 7.93. The van der Waals surface area contributed by atoms with Gasteiger partial charge < -0.3 is 10.6 Å². The summed E-state index contributed by atoms with van der Waals surface area (Å²) in [5.41, 5.74) is 3.41. The molecule has 0 spiro atoms. The zero-order valence-electron chi connectivity index (χ0n) is 15.1. The quantitative estimate of drug-likeness (QED) is 0.470. The maximum absolute atomic E-state index is 13.3. The average molecular weight is 394 g/mol. The minimum Gasteiger partial charge on any atom is -0.350 e. The van der Waals surface area contributed by atoms with Crippen molar-refractivity contribution in [2.75, 3.05) is 10.6 Å². The molecule has 0 aliphatic carbocycles. The van der Waals surface area contributed by atoms with E-state index in [4.69, 9.17) is 11.6 Å². The second-order valence-corrected chi connectivity index (χ2v) is 6.79. The van der Waals surface area contributed by atoms with E-state index in [0.717, 1.165) is 27.7 Å². The van der Waals surface area contributed by atoms with Crippen LogP contribution in [0.5, 0.6) is 0 Å². The fraction of sp³-hybridized carbons (Fsp3) is 0.0952. The number of rotatable bonds is 5. The zero-order valence-corrected chi connectivity index (χ0v) is 15.8. The van der Waals surface area contributed by atoms with Gasteiger partial charge in [-0.15, -0.1) is 0 Å². The Morgan fingerprint density at radius 1 is 1.04 bits per heavy atom. The molecule has 2 N–H and O–H groups in total. The minimum atomic E-state index is -0.270. The molecule has 4 aromatic rings. The number of hydrogen-bond acceptors (Lipinski definition) is 5. The molecule has 0 fully saturated rings. The summed E-state index contributed by atoms with van der Waals surface area (Å²) in [6, 6.07) is 14.0. The Morgan fingerprint density at radius 2 is 1.86 bits per heavy atom. The molecule has 0 unspecified atom stereocenters. The van der Waals surface area contributed by atoms with Crippen LogP contribution in [0.1, 0.15) is 11.1 Å². The van der Waals surface area contributed by atoms with Crippen molar-refractivity contribution in [3.05, 3.63) is 82.9 Å². The first-order valence-corrected chi connectivity index (χ1v) is 9.09. The van der Waals surface area contributed by atoms with Gasteiger partial charge in [0.1, 0.15) is 11.6 Å². The van der Waals surface area contributed by atoms with Crippen LogP contribution in [0.2, 0.25) is 5.02 Å². The van der Waals surface area contributed by atoms with Crippen LogP contribution in [-0.4, -0.2) is 15.0 Å². The molecular weight excluding hydrogens is 377 g/mol. The van der Waals surface area contributed by atoms with E-state index in [0.29, 0.717) is 23.3 Å². The summed E-state index contributed by atoms with van der Waals surface area (Å²) in [7, 11) is 0. The van der Waals surface area contributed by atoms with Crippen LogP contribution >= 0.6 is 11.6 Å². The monoisotopic (exact) mass is 393 g/mol. The fourth-order valence-electron chi connectivity index (χ4n) is 2.82. The number of aryl methyl sites for hydroxylation is 1. The molecule has 2 aromatic heterocycles. The van der Waals surface area contributed by atoms with Crippen LogP contribution < -0.4 is 10.6 Å². The molecule has 7 heteroatoms. The first kappa shape index (κ1) is 18.1. The Labute approximate surface area is 166 Å². The fourth-order valence-corrected chi connectivity index (χ4v) is 2.95. The van der Waals surface area contributed by atoms with Crippen LogP contribution in [0.15, 0.2) is 60.9 Å². The number of anilines is 3. The number of hydrogen-bond donors (Lipinski definition) is 2. The topological polar surface area (TPSA) is 62.7 Å². The number of nitrogens with zero attached hydrogens (tertiary/aromatic N) is 3. The second-order valence-electron chi connectivity index (χ2n) is 6.35. The van der Waals surface area contributed by atoms with Gasteiger partial charge >= 0.3 is 0 Å². The normalized spacial score (nSPS) is 10.8. The number of nitrogens with one attached hydrogen (secondary N) is 2. The molecule has 28 heavy (non-hydrogen) atoms. The van der Waals surface area contributed by atoms with Gasteiger partial charge in [-0.1, -0.05) is 23.7 Å². The van der Waals surface area contributed by atoms with Gasteiger partial charge in [0.2, 0.25) is 5.95 Å². The predicted molar refractivity (Wildman–Crippen MR) is 111 cm³/mol. The Bertz CT molecular complexity index is 1130. The molecule has 0 saturated heterocycles. The summed E-state index contributed by atoms with van der Waals surface area (Å²) >= 11 is 5.91. The van der Waals surface area contributed by atoms with Crippen LogP contribution in [0.4, 0.5) is 21.8 Å². The van der Waals surface area contributed by atoms with Crippen molar-refractivity contribution in [1.29, 1.82) is 0 Å². The Hall–Kier alpha value is -3.25. The molecule has 0 atom stereocenters. The summed E-state index contributed by atoms with van der Waals surface area (Å²) in [6.45, 7) is 2.43.